The fourth-order valence-electron chi connectivity index (χ4n) is 3.63. The molecule has 5 nitrogen and oxygen atoms in total. The fourth-order valence-corrected chi connectivity index (χ4v) is 3.76. The van der Waals surface area contributed by atoms with Gasteiger partial charge in [-0.05, 0) is 67.9 Å². The van der Waals surface area contributed by atoms with Crippen molar-refractivity contribution >= 4 is 17.5 Å². The van der Waals surface area contributed by atoms with Gasteiger partial charge in [0.25, 0.3) is 5.91 Å². The first-order valence-corrected chi connectivity index (χ1v) is 10.6. The van der Waals surface area contributed by atoms with Crippen molar-refractivity contribution in [1.82, 2.24) is 10.2 Å². The molecule has 0 bridgehead atoms. The summed E-state index contributed by atoms with van der Waals surface area (Å²) in [5.41, 5.74) is 1.19. The highest BCUT2D eigenvalue weighted by atomic mass is 35.5. The van der Waals surface area contributed by atoms with Gasteiger partial charge in [-0.3, -0.25) is 9.69 Å². The molecule has 2 aromatic carbocycles. The lowest BCUT2D eigenvalue weighted by atomic mass is 10.0. The highest BCUT2D eigenvalue weighted by Gasteiger charge is 2.22. The van der Waals surface area contributed by atoms with Gasteiger partial charge >= 0.3 is 0 Å². The van der Waals surface area contributed by atoms with Gasteiger partial charge in [0, 0.05) is 11.6 Å². The molecule has 29 heavy (non-hydrogen) atoms. The Morgan fingerprint density at radius 3 is 2.24 bits per heavy atom. The lowest BCUT2D eigenvalue weighted by Crippen LogP contribution is -2.40. The normalized spacial score (nSPS) is 15.9. The van der Waals surface area contributed by atoms with E-state index in [2.05, 4.69) is 22.3 Å². The van der Waals surface area contributed by atoms with Gasteiger partial charge < -0.3 is 14.8 Å². The second-order valence-electron chi connectivity index (χ2n) is 7.29. The van der Waals surface area contributed by atoms with Crippen molar-refractivity contribution in [3.8, 4) is 11.5 Å². The number of hydrogen-bond acceptors (Lipinski definition) is 4. The van der Waals surface area contributed by atoms with Crippen LogP contribution in [0.3, 0.4) is 0 Å². The maximum atomic E-state index is 12.4. The molecule has 1 heterocycles. The van der Waals surface area contributed by atoms with Gasteiger partial charge in [0.15, 0.2) is 6.61 Å². The Bertz CT molecular complexity index is 757. The Hall–Kier alpha value is -2.24. The Morgan fingerprint density at radius 1 is 1.00 bits per heavy atom. The van der Waals surface area contributed by atoms with Crippen LogP contribution in [0.25, 0.3) is 0 Å². The monoisotopic (exact) mass is 416 g/mol. The zero-order valence-corrected chi connectivity index (χ0v) is 17.7. The van der Waals surface area contributed by atoms with E-state index in [9.17, 15) is 4.79 Å². The zero-order chi connectivity index (χ0) is 20.5. The maximum absolute atomic E-state index is 12.4. The summed E-state index contributed by atoms with van der Waals surface area (Å²) in [5.74, 6) is 1.33. The summed E-state index contributed by atoms with van der Waals surface area (Å²) < 4.78 is 10.8. The van der Waals surface area contributed by atoms with Crippen LogP contribution in [0.5, 0.6) is 11.5 Å². The van der Waals surface area contributed by atoms with Crippen LogP contribution in [0.2, 0.25) is 5.02 Å². The third kappa shape index (κ3) is 6.65. The fraction of sp³-hybridized carbons (Fsp3) is 0.435. The van der Waals surface area contributed by atoms with Crippen molar-refractivity contribution in [1.29, 1.82) is 0 Å². The van der Waals surface area contributed by atoms with Crippen molar-refractivity contribution < 1.29 is 14.3 Å². The third-order valence-electron chi connectivity index (χ3n) is 5.26. The Kier molecular flexibility index (Phi) is 8.20. The summed E-state index contributed by atoms with van der Waals surface area (Å²) >= 11 is 5.87. The summed E-state index contributed by atoms with van der Waals surface area (Å²) in [6.45, 7) is 2.63. The zero-order valence-electron chi connectivity index (χ0n) is 16.9. The Morgan fingerprint density at radius 2 is 1.62 bits per heavy atom. The number of ether oxygens (including phenoxy) is 2. The van der Waals surface area contributed by atoms with Crippen LogP contribution >= 0.6 is 11.6 Å². The molecule has 1 aliphatic heterocycles. The molecule has 1 aliphatic rings. The van der Waals surface area contributed by atoms with Gasteiger partial charge in [0.1, 0.15) is 11.5 Å². The van der Waals surface area contributed by atoms with E-state index in [0.29, 0.717) is 17.3 Å². The number of amides is 1. The minimum absolute atomic E-state index is 0.0169. The quantitative estimate of drug-likeness (QED) is 0.690. The van der Waals surface area contributed by atoms with Crippen molar-refractivity contribution in [2.45, 2.75) is 31.7 Å². The number of nitrogens with zero attached hydrogens (tertiary/aromatic N) is 1. The van der Waals surface area contributed by atoms with E-state index < -0.39 is 0 Å². The standard InChI is InChI=1S/C23H29ClN2O3/c1-28-20-10-6-18(7-11-20)22(26-14-4-2-3-5-15-26)16-25-23(27)17-29-21-12-8-19(24)9-13-21/h6-13,22H,2-5,14-17H2,1H3,(H,25,27)/t22-/m1/s1. The van der Waals surface area contributed by atoms with Crippen molar-refractivity contribution in [3.05, 3.63) is 59.1 Å². The molecule has 0 spiro atoms. The van der Waals surface area contributed by atoms with Gasteiger partial charge in [-0.1, -0.05) is 36.6 Å². The number of likely N-dealkylation sites (tertiary alicyclic amines) is 1. The van der Waals surface area contributed by atoms with E-state index >= 15 is 0 Å². The van der Waals surface area contributed by atoms with Crippen LogP contribution in [-0.4, -0.2) is 44.2 Å². The summed E-state index contributed by atoms with van der Waals surface area (Å²) in [6.07, 6.45) is 4.93. The van der Waals surface area contributed by atoms with Gasteiger partial charge in [-0.2, -0.15) is 0 Å². The average Bonchev–Trinajstić information content (AvgIpc) is 3.03. The highest BCUT2D eigenvalue weighted by molar-refractivity contribution is 6.30. The number of carbonyl (C=O) groups is 1. The number of hydrogen-bond donors (Lipinski definition) is 1. The first-order valence-electron chi connectivity index (χ1n) is 10.2. The Labute approximate surface area is 177 Å². The van der Waals surface area contributed by atoms with E-state index in [-0.39, 0.29) is 18.6 Å². The number of carbonyl (C=O) groups excluding carboxylic acids is 1. The number of halogens is 1. The summed E-state index contributed by atoms with van der Waals surface area (Å²) in [6, 6.07) is 15.3. The molecular weight excluding hydrogens is 388 g/mol. The minimum atomic E-state index is -0.131. The van der Waals surface area contributed by atoms with Gasteiger partial charge in [0.2, 0.25) is 0 Å². The maximum Gasteiger partial charge on any atom is 0.258 e. The van der Waals surface area contributed by atoms with Crippen LogP contribution in [0.15, 0.2) is 48.5 Å². The molecule has 3 rings (SSSR count). The SMILES string of the molecule is COc1ccc([C@@H](CNC(=O)COc2ccc(Cl)cc2)N2CCCCCC2)cc1. The predicted molar refractivity (Wildman–Crippen MR) is 116 cm³/mol. The topological polar surface area (TPSA) is 50.8 Å². The van der Waals surface area contributed by atoms with E-state index in [1.54, 1.807) is 31.4 Å². The molecule has 1 saturated heterocycles. The lowest BCUT2D eigenvalue weighted by molar-refractivity contribution is -0.123. The molecule has 1 atom stereocenters. The molecule has 0 saturated carbocycles. The molecule has 0 radical (unpaired) electrons. The number of rotatable bonds is 8. The smallest absolute Gasteiger partial charge is 0.258 e. The van der Waals surface area contributed by atoms with Crippen LogP contribution in [0, 0.1) is 0 Å². The minimum Gasteiger partial charge on any atom is -0.497 e. The number of benzene rings is 2. The first-order chi connectivity index (χ1) is 14.2. The van der Waals surface area contributed by atoms with Gasteiger partial charge in [0.05, 0.1) is 13.2 Å². The molecule has 156 valence electrons. The van der Waals surface area contributed by atoms with E-state index in [1.165, 1.54) is 31.2 Å². The molecule has 1 N–H and O–H groups in total. The predicted octanol–water partition coefficient (Wildman–Crippen LogP) is 4.46. The highest BCUT2D eigenvalue weighted by Crippen LogP contribution is 2.25. The summed E-state index contributed by atoms with van der Waals surface area (Å²) in [7, 11) is 1.67. The molecule has 0 aliphatic carbocycles. The van der Waals surface area contributed by atoms with Crippen molar-refractivity contribution in [3.63, 3.8) is 0 Å². The Balaban J connectivity index is 1.60. The van der Waals surface area contributed by atoms with Crippen LogP contribution in [-0.2, 0) is 4.79 Å². The molecule has 2 aromatic rings. The summed E-state index contributed by atoms with van der Waals surface area (Å²) in [4.78, 5) is 14.9. The van der Waals surface area contributed by atoms with Gasteiger partial charge in [-0.15, -0.1) is 0 Å². The molecule has 1 amide bonds. The van der Waals surface area contributed by atoms with Crippen LogP contribution in [0.1, 0.15) is 37.3 Å². The molecular formula is C23H29ClN2O3. The van der Waals surface area contributed by atoms with Gasteiger partial charge in [-0.25, -0.2) is 0 Å². The number of nitrogens with one attached hydrogen (secondary N) is 1. The van der Waals surface area contributed by atoms with E-state index in [1.807, 2.05) is 12.1 Å². The van der Waals surface area contributed by atoms with Crippen molar-refractivity contribution in [2.24, 2.45) is 0 Å². The largest absolute Gasteiger partial charge is 0.497 e. The first kappa shape index (κ1) is 21.5. The van der Waals surface area contributed by atoms with Crippen LogP contribution in [0.4, 0.5) is 0 Å². The molecule has 1 fully saturated rings. The summed E-state index contributed by atoms with van der Waals surface area (Å²) in [5, 5.41) is 3.69. The van der Waals surface area contributed by atoms with Crippen LogP contribution < -0.4 is 14.8 Å². The average molecular weight is 417 g/mol. The second kappa shape index (κ2) is 11.1. The molecule has 0 unspecified atom stereocenters. The molecule has 0 aromatic heterocycles. The molecule has 6 heteroatoms. The second-order valence-corrected chi connectivity index (χ2v) is 7.72. The van der Waals surface area contributed by atoms with E-state index in [0.717, 1.165) is 18.8 Å². The lowest BCUT2D eigenvalue weighted by Gasteiger charge is -2.31. The van der Waals surface area contributed by atoms with E-state index in [4.69, 9.17) is 21.1 Å². The van der Waals surface area contributed by atoms with Crippen molar-refractivity contribution in [2.75, 3.05) is 33.4 Å². The third-order valence-corrected chi connectivity index (χ3v) is 5.51. The number of methoxy groups -OCH3 is 1.